The van der Waals surface area contributed by atoms with Crippen LogP contribution in [0.2, 0.25) is 0 Å². The highest BCUT2D eigenvalue weighted by molar-refractivity contribution is 6.53. The number of rotatable bonds is 3. The lowest BCUT2D eigenvalue weighted by molar-refractivity contribution is -0.130. The molecule has 1 aliphatic rings. The molecule has 0 saturated carbocycles. The molecule has 1 fully saturated rings. The van der Waals surface area contributed by atoms with E-state index < -0.39 is 0 Å². The SMILES string of the molecule is CC(=O)N1CCN(C[B]c2ccccc2)CC1.O.O. The van der Waals surface area contributed by atoms with Gasteiger partial charge in [-0.25, -0.2) is 0 Å². The molecular weight excluding hydrogens is 243 g/mol. The summed E-state index contributed by atoms with van der Waals surface area (Å²) in [6, 6.07) is 10.4. The molecule has 4 N–H and O–H groups in total. The first-order chi connectivity index (χ1) is 8.25. The Hall–Kier alpha value is -1.37. The average Bonchev–Trinajstić information content (AvgIpc) is 2.38. The third-order valence-electron chi connectivity index (χ3n) is 3.20. The van der Waals surface area contributed by atoms with E-state index in [4.69, 9.17) is 0 Å². The van der Waals surface area contributed by atoms with Gasteiger partial charge < -0.3 is 20.8 Å². The minimum absolute atomic E-state index is 0. The monoisotopic (exact) mass is 265 g/mol. The second-order valence-electron chi connectivity index (χ2n) is 4.42. The van der Waals surface area contributed by atoms with Crippen LogP contribution in [0, 0.1) is 0 Å². The highest BCUT2D eigenvalue weighted by atomic mass is 16.2. The number of carbonyl (C=O) groups is 1. The number of hydrogen-bond donors (Lipinski definition) is 0. The summed E-state index contributed by atoms with van der Waals surface area (Å²) in [6.45, 7) is 5.31. The van der Waals surface area contributed by atoms with Crippen LogP contribution in [0.1, 0.15) is 6.92 Å². The molecule has 0 bridgehead atoms. The quantitative estimate of drug-likeness (QED) is 0.622. The fourth-order valence-corrected chi connectivity index (χ4v) is 2.07. The summed E-state index contributed by atoms with van der Waals surface area (Å²) in [7, 11) is 2.24. The van der Waals surface area contributed by atoms with Crippen LogP contribution in [0.4, 0.5) is 0 Å². The largest absolute Gasteiger partial charge is 0.412 e. The molecule has 1 radical (unpaired) electrons. The molecule has 1 heterocycles. The van der Waals surface area contributed by atoms with Gasteiger partial charge in [-0.1, -0.05) is 35.8 Å². The Morgan fingerprint density at radius 1 is 1.11 bits per heavy atom. The van der Waals surface area contributed by atoms with E-state index >= 15 is 0 Å². The van der Waals surface area contributed by atoms with E-state index in [9.17, 15) is 4.79 Å². The van der Waals surface area contributed by atoms with Crippen molar-refractivity contribution in [1.29, 1.82) is 0 Å². The summed E-state index contributed by atoms with van der Waals surface area (Å²) in [6.07, 6.45) is 0.968. The Morgan fingerprint density at radius 2 is 1.68 bits per heavy atom. The lowest BCUT2D eigenvalue weighted by atomic mass is 9.70. The van der Waals surface area contributed by atoms with Crippen LogP contribution in [-0.4, -0.2) is 66.6 Å². The van der Waals surface area contributed by atoms with Crippen LogP contribution in [0.5, 0.6) is 0 Å². The topological polar surface area (TPSA) is 86.6 Å². The number of hydrogen-bond acceptors (Lipinski definition) is 2. The van der Waals surface area contributed by atoms with Gasteiger partial charge in [0.15, 0.2) is 7.28 Å². The van der Waals surface area contributed by atoms with Gasteiger partial charge in [0.1, 0.15) is 0 Å². The third kappa shape index (κ3) is 5.42. The zero-order valence-corrected chi connectivity index (χ0v) is 11.3. The zero-order valence-electron chi connectivity index (χ0n) is 11.3. The van der Waals surface area contributed by atoms with Crippen molar-refractivity contribution in [3.8, 4) is 0 Å². The Bertz CT molecular complexity index is 367. The molecular formula is C13H22BN2O3. The molecule has 105 valence electrons. The molecule has 1 amide bonds. The molecule has 1 aromatic rings. The van der Waals surface area contributed by atoms with E-state index in [2.05, 4.69) is 36.4 Å². The van der Waals surface area contributed by atoms with Crippen molar-refractivity contribution < 1.29 is 15.7 Å². The van der Waals surface area contributed by atoms with Crippen LogP contribution >= 0.6 is 0 Å². The van der Waals surface area contributed by atoms with E-state index in [0.29, 0.717) is 0 Å². The summed E-state index contributed by atoms with van der Waals surface area (Å²) in [5.41, 5.74) is 1.27. The van der Waals surface area contributed by atoms with Gasteiger partial charge in [0.2, 0.25) is 5.91 Å². The van der Waals surface area contributed by atoms with Gasteiger partial charge >= 0.3 is 0 Å². The molecule has 19 heavy (non-hydrogen) atoms. The van der Waals surface area contributed by atoms with Crippen molar-refractivity contribution in [1.82, 2.24) is 9.80 Å². The Kier molecular flexibility index (Phi) is 8.06. The second kappa shape index (κ2) is 8.69. The molecule has 1 aromatic carbocycles. The Labute approximate surface area is 115 Å². The summed E-state index contributed by atoms with van der Waals surface area (Å²) in [5, 5.41) is 0. The Balaban J connectivity index is 0.00000162. The van der Waals surface area contributed by atoms with Crippen molar-refractivity contribution >= 4 is 18.6 Å². The molecule has 0 atom stereocenters. The van der Waals surface area contributed by atoms with Crippen LogP contribution in [-0.2, 0) is 4.79 Å². The fraction of sp³-hybridized carbons (Fsp3) is 0.462. The van der Waals surface area contributed by atoms with Gasteiger partial charge in [0.25, 0.3) is 0 Å². The van der Waals surface area contributed by atoms with Crippen molar-refractivity contribution in [3.05, 3.63) is 30.3 Å². The summed E-state index contributed by atoms with van der Waals surface area (Å²) >= 11 is 0. The zero-order chi connectivity index (χ0) is 12.1. The van der Waals surface area contributed by atoms with Gasteiger partial charge in [-0.3, -0.25) is 4.79 Å². The van der Waals surface area contributed by atoms with E-state index in [-0.39, 0.29) is 16.9 Å². The predicted octanol–water partition coefficient (Wildman–Crippen LogP) is -1.51. The Morgan fingerprint density at radius 3 is 2.21 bits per heavy atom. The van der Waals surface area contributed by atoms with Gasteiger partial charge in [-0.15, -0.1) is 0 Å². The maximum absolute atomic E-state index is 11.2. The molecule has 1 saturated heterocycles. The standard InChI is InChI=1S/C13H18BN2O.2H2O/c1-12(17)16-9-7-15(8-10-16)11-14-13-5-3-2-4-6-13;;/h2-6H,7-11H2,1H3;2*1H2. The highest BCUT2D eigenvalue weighted by Crippen LogP contribution is 2.00. The molecule has 0 unspecified atom stereocenters. The second-order valence-corrected chi connectivity index (χ2v) is 4.42. The first-order valence-electron chi connectivity index (χ1n) is 6.12. The summed E-state index contributed by atoms with van der Waals surface area (Å²) in [4.78, 5) is 15.5. The molecule has 1 aliphatic heterocycles. The number of nitrogens with zero attached hydrogens (tertiary/aromatic N) is 2. The molecule has 2 rings (SSSR count). The number of benzene rings is 1. The first-order valence-corrected chi connectivity index (χ1v) is 6.12. The highest BCUT2D eigenvalue weighted by Gasteiger charge is 2.17. The van der Waals surface area contributed by atoms with Gasteiger partial charge in [0, 0.05) is 33.1 Å². The van der Waals surface area contributed by atoms with Gasteiger partial charge in [0.05, 0.1) is 0 Å². The van der Waals surface area contributed by atoms with Crippen molar-refractivity contribution in [3.63, 3.8) is 0 Å². The van der Waals surface area contributed by atoms with Crippen molar-refractivity contribution in [2.24, 2.45) is 0 Å². The molecule has 0 spiro atoms. The third-order valence-corrected chi connectivity index (χ3v) is 3.20. The molecule has 5 nitrogen and oxygen atoms in total. The predicted molar refractivity (Wildman–Crippen MR) is 77.8 cm³/mol. The normalized spacial score (nSPS) is 15.1. The van der Waals surface area contributed by atoms with Crippen LogP contribution in [0.3, 0.4) is 0 Å². The van der Waals surface area contributed by atoms with E-state index in [1.54, 1.807) is 6.92 Å². The van der Waals surface area contributed by atoms with Gasteiger partial charge in [-0.2, -0.15) is 0 Å². The molecule has 0 aliphatic carbocycles. The van der Waals surface area contributed by atoms with Crippen LogP contribution < -0.4 is 5.46 Å². The van der Waals surface area contributed by atoms with Crippen LogP contribution in [0.15, 0.2) is 30.3 Å². The summed E-state index contributed by atoms with van der Waals surface area (Å²) < 4.78 is 0. The molecule has 0 aromatic heterocycles. The van der Waals surface area contributed by atoms with Crippen molar-refractivity contribution in [2.45, 2.75) is 6.92 Å². The maximum Gasteiger partial charge on any atom is 0.219 e. The lowest BCUT2D eigenvalue weighted by Crippen LogP contribution is -2.49. The average molecular weight is 265 g/mol. The van der Waals surface area contributed by atoms with Crippen LogP contribution in [0.25, 0.3) is 0 Å². The summed E-state index contributed by atoms with van der Waals surface area (Å²) in [5.74, 6) is 0.191. The minimum atomic E-state index is 0. The van der Waals surface area contributed by atoms with Crippen molar-refractivity contribution in [2.75, 3.05) is 32.6 Å². The fourth-order valence-electron chi connectivity index (χ4n) is 2.07. The number of carbonyl (C=O) groups excluding carboxylic acids is 1. The minimum Gasteiger partial charge on any atom is -0.412 e. The number of piperazine rings is 1. The lowest BCUT2D eigenvalue weighted by Gasteiger charge is -2.34. The molecule has 6 heteroatoms. The van der Waals surface area contributed by atoms with E-state index in [0.717, 1.165) is 32.6 Å². The van der Waals surface area contributed by atoms with E-state index in [1.807, 2.05) is 11.0 Å². The van der Waals surface area contributed by atoms with Gasteiger partial charge in [-0.05, 0) is 6.44 Å². The first kappa shape index (κ1) is 17.6. The number of amides is 1. The maximum atomic E-state index is 11.2. The smallest absolute Gasteiger partial charge is 0.219 e. The van der Waals surface area contributed by atoms with E-state index in [1.165, 1.54) is 5.46 Å².